The number of nitrogens with zero attached hydrogens (tertiary/aromatic N) is 2. The van der Waals surface area contributed by atoms with Crippen molar-refractivity contribution >= 4 is 27.5 Å². The maximum atomic E-state index is 13.3. The molecule has 2 aromatic carbocycles. The molecule has 1 N–H and O–H groups in total. The van der Waals surface area contributed by atoms with Crippen LogP contribution in [0.25, 0.3) is 0 Å². The Kier molecular flexibility index (Phi) is 6.57. The largest absolute Gasteiger partial charge is 0.350 e. The fraction of sp³-hybridized carbons (Fsp3) is 0.462. The van der Waals surface area contributed by atoms with E-state index >= 15 is 0 Å². The summed E-state index contributed by atoms with van der Waals surface area (Å²) in [5, 5.41) is 2.87. The molecule has 0 aliphatic carbocycles. The van der Waals surface area contributed by atoms with Crippen LogP contribution in [0.4, 0.5) is 5.69 Å². The molecule has 8 heteroatoms. The van der Waals surface area contributed by atoms with Crippen LogP contribution in [-0.4, -0.2) is 44.2 Å². The molecule has 2 amide bonds. The highest BCUT2D eigenvalue weighted by atomic mass is 32.2. The third-order valence-electron chi connectivity index (χ3n) is 6.88. The standard InChI is InChI=1S/C26H33N3O4S/c1-18-7-9-20(10-8-18)15-27-24(30)17-29-23-12-11-21(14-22(23)26(3,4)25(29)31)34(32,33)28-13-5-6-19(2)16-28/h7-12,14,19H,5-6,13,15-17H2,1-4H3,(H,27,30)/t19-/m1/s1. The molecular weight excluding hydrogens is 450 g/mol. The Balaban J connectivity index is 1.53. The molecule has 0 radical (unpaired) electrons. The van der Waals surface area contributed by atoms with Crippen molar-refractivity contribution in [3.63, 3.8) is 0 Å². The zero-order valence-corrected chi connectivity index (χ0v) is 21.1. The lowest BCUT2D eigenvalue weighted by Crippen LogP contribution is -2.42. The van der Waals surface area contributed by atoms with Gasteiger partial charge in [0.2, 0.25) is 21.8 Å². The molecule has 0 saturated carbocycles. The van der Waals surface area contributed by atoms with E-state index in [0.717, 1.165) is 24.0 Å². The van der Waals surface area contributed by atoms with Crippen molar-refractivity contribution in [2.75, 3.05) is 24.5 Å². The number of fused-ring (bicyclic) bond motifs is 1. The van der Waals surface area contributed by atoms with Crippen molar-refractivity contribution in [1.82, 2.24) is 9.62 Å². The Bertz CT molecular complexity index is 1210. The van der Waals surface area contributed by atoms with E-state index in [0.29, 0.717) is 36.8 Å². The van der Waals surface area contributed by atoms with Gasteiger partial charge in [-0.25, -0.2) is 8.42 Å². The van der Waals surface area contributed by atoms with Crippen molar-refractivity contribution in [2.45, 2.75) is 57.4 Å². The third-order valence-corrected chi connectivity index (χ3v) is 8.74. The molecule has 182 valence electrons. The van der Waals surface area contributed by atoms with Gasteiger partial charge in [0.05, 0.1) is 10.3 Å². The van der Waals surface area contributed by atoms with Crippen LogP contribution in [0.1, 0.15) is 50.3 Å². The summed E-state index contributed by atoms with van der Waals surface area (Å²) in [6.45, 7) is 8.90. The summed E-state index contributed by atoms with van der Waals surface area (Å²) < 4.78 is 28.1. The number of hydrogen-bond acceptors (Lipinski definition) is 4. The molecule has 0 bridgehead atoms. The second-order valence-electron chi connectivity index (χ2n) is 10.1. The van der Waals surface area contributed by atoms with Gasteiger partial charge in [0.15, 0.2) is 0 Å². The lowest BCUT2D eigenvalue weighted by Gasteiger charge is -2.30. The topological polar surface area (TPSA) is 86.8 Å². The molecule has 0 aromatic heterocycles. The van der Waals surface area contributed by atoms with Gasteiger partial charge in [-0.3, -0.25) is 9.59 Å². The number of rotatable bonds is 6. The van der Waals surface area contributed by atoms with Crippen LogP contribution in [0.3, 0.4) is 0 Å². The zero-order valence-electron chi connectivity index (χ0n) is 20.3. The smallest absolute Gasteiger partial charge is 0.243 e. The van der Waals surface area contributed by atoms with Crippen LogP contribution in [0.15, 0.2) is 47.4 Å². The predicted molar refractivity (Wildman–Crippen MR) is 132 cm³/mol. The highest BCUT2D eigenvalue weighted by Gasteiger charge is 2.45. The van der Waals surface area contributed by atoms with Gasteiger partial charge in [-0.15, -0.1) is 0 Å². The molecule has 2 heterocycles. The van der Waals surface area contributed by atoms with E-state index in [2.05, 4.69) is 12.2 Å². The van der Waals surface area contributed by atoms with Crippen LogP contribution < -0.4 is 10.2 Å². The van der Waals surface area contributed by atoms with Gasteiger partial charge in [0, 0.05) is 25.3 Å². The Labute approximate surface area is 202 Å². The first-order chi connectivity index (χ1) is 16.0. The van der Waals surface area contributed by atoms with E-state index in [4.69, 9.17) is 0 Å². The van der Waals surface area contributed by atoms with Gasteiger partial charge in [-0.05, 0) is 68.9 Å². The third kappa shape index (κ3) is 4.61. The fourth-order valence-corrected chi connectivity index (χ4v) is 6.38. The molecule has 0 unspecified atom stereocenters. The van der Waals surface area contributed by atoms with Crippen molar-refractivity contribution in [3.05, 3.63) is 59.2 Å². The van der Waals surface area contributed by atoms with E-state index in [-0.39, 0.29) is 23.3 Å². The van der Waals surface area contributed by atoms with E-state index < -0.39 is 15.4 Å². The molecule has 1 saturated heterocycles. The summed E-state index contributed by atoms with van der Waals surface area (Å²) in [5.41, 5.74) is 2.43. The summed E-state index contributed by atoms with van der Waals surface area (Å²) in [6, 6.07) is 12.7. The average molecular weight is 484 g/mol. The van der Waals surface area contributed by atoms with Gasteiger partial charge < -0.3 is 10.2 Å². The molecule has 4 rings (SSSR count). The summed E-state index contributed by atoms with van der Waals surface area (Å²) >= 11 is 0. The first-order valence-electron chi connectivity index (χ1n) is 11.8. The average Bonchev–Trinajstić information content (AvgIpc) is 2.99. The van der Waals surface area contributed by atoms with Gasteiger partial charge >= 0.3 is 0 Å². The lowest BCUT2D eigenvalue weighted by atomic mass is 9.86. The molecule has 34 heavy (non-hydrogen) atoms. The van der Waals surface area contributed by atoms with E-state index in [1.54, 1.807) is 36.4 Å². The number of piperidine rings is 1. The summed E-state index contributed by atoms with van der Waals surface area (Å²) in [5.74, 6) is -0.157. The molecule has 2 aliphatic heterocycles. The number of anilines is 1. The second-order valence-corrected chi connectivity index (χ2v) is 12.0. The Morgan fingerprint density at radius 2 is 1.85 bits per heavy atom. The van der Waals surface area contributed by atoms with Crippen molar-refractivity contribution in [2.24, 2.45) is 5.92 Å². The van der Waals surface area contributed by atoms with E-state index in [1.165, 1.54) is 4.90 Å². The summed E-state index contributed by atoms with van der Waals surface area (Å²) in [6.07, 6.45) is 1.87. The molecule has 2 aliphatic rings. The number of nitrogens with one attached hydrogen (secondary N) is 1. The van der Waals surface area contributed by atoms with Crippen LogP contribution in [-0.2, 0) is 31.6 Å². The fourth-order valence-electron chi connectivity index (χ4n) is 4.75. The first kappa shape index (κ1) is 24.4. The molecule has 1 fully saturated rings. The lowest BCUT2D eigenvalue weighted by molar-refractivity contribution is -0.125. The molecule has 0 spiro atoms. The number of benzene rings is 2. The monoisotopic (exact) mass is 483 g/mol. The van der Waals surface area contributed by atoms with Crippen LogP contribution in [0.2, 0.25) is 0 Å². The number of aryl methyl sites for hydroxylation is 1. The summed E-state index contributed by atoms with van der Waals surface area (Å²) in [7, 11) is -3.64. The van der Waals surface area contributed by atoms with Crippen molar-refractivity contribution in [1.29, 1.82) is 0 Å². The van der Waals surface area contributed by atoms with Gasteiger partial charge in [0.25, 0.3) is 0 Å². The molecular formula is C26H33N3O4S. The quantitative estimate of drug-likeness (QED) is 0.683. The summed E-state index contributed by atoms with van der Waals surface area (Å²) in [4.78, 5) is 27.5. The SMILES string of the molecule is Cc1ccc(CNC(=O)CN2C(=O)C(C)(C)c3cc(S(=O)(=O)N4CCC[C@@H](C)C4)ccc32)cc1. The van der Waals surface area contributed by atoms with Gasteiger partial charge in [-0.2, -0.15) is 4.31 Å². The highest BCUT2D eigenvalue weighted by Crippen LogP contribution is 2.42. The number of carbonyl (C=O) groups excluding carboxylic acids is 2. The number of sulfonamides is 1. The maximum absolute atomic E-state index is 13.3. The normalized spacial score (nSPS) is 20.3. The predicted octanol–water partition coefficient (Wildman–Crippen LogP) is 3.36. The Morgan fingerprint density at radius 3 is 2.53 bits per heavy atom. The first-order valence-corrected chi connectivity index (χ1v) is 13.2. The number of amides is 2. The zero-order chi connectivity index (χ0) is 24.7. The molecule has 7 nitrogen and oxygen atoms in total. The molecule has 1 atom stereocenters. The van der Waals surface area contributed by atoms with Gasteiger partial charge in [0.1, 0.15) is 6.54 Å². The minimum atomic E-state index is -3.64. The Hall–Kier alpha value is -2.71. The van der Waals surface area contributed by atoms with E-state index in [1.807, 2.05) is 31.2 Å². The minimum Gasteiger partial charge on any atom is -0.350 e. The Morgan fingerprint density at radius 1 is 1.15 bits per heavy atom. The second kappa shape index (κ2) is 9.15. The minimum absolute atomic E-state index is 0.114. The number of carbonyl (C=O) groups is 2. The number of hydrogen-bond donors (Lipinski definition) is 1. The van der Waals surface area contributed by atoms with E-state index in [9.17, 15) is 18.0 Å². The van der Waals surface area contributed by atoms with Crippen LogP contribution >= 0.6 is 0 Å². The van der Waals surface area contributed by atoms with Crippen molar-refractivity contribution in [3.8, 4) is 0 Å². The van der Waals surface area contributed by atoms with Crippen LogP contribution in [0, 0.1) is 12.8 Å². The highest BCUT2D eigenvalue weighted by molar-refractivity contribution is 7.89. The van der Waals surface area contributed by atoms with Gasteiger partial charge in [-0.1, -0.05) is 36.8 Å². The maximum Gasteiger partial charge on any atom is 0.243 e. The van der Waals surface area contributed by atoms with Crippen molar-refractivity contribution < 1.29 is 18.0 Å². The molecule has 2 aromatic rings. The van der Waals surface area contributed by atoms with Crippen LogP contribution in [0.5, 0.6) is 0 Å².